The van der Waals surface area contributed by atoms with Gasteiger partial charge in [-0.25, -0.2) is 9.97 Å². The van der Waals surface area contributed by atoms with Crippen molar-refractivity contribution in [3.05, 3.63) is 194 Å². The molecule has 0 aliphatic heterocycles. The fourth-order valence-corrected chi connectivity index (χ4v) is 6.16. The smallest absolute Gasteiger partial charge is 0.0715 e. The topological polar surface area (TPSA) is 25.8 Å². The van der Waals surface area contributed by atoms with Crippen LogP contribution in [0.15, 0.2) is 194 Å². The molecule has 6 aromatic carbocycles. The van der Waals surface area contributed by atoms with Gasteiger partial charge < -0.3 is 0 Å². The molecule has 0 unspecified atom stereocenters. The first-order valence-corrected chi connectivity index (χ1v) is 16.2. The van der Waals surface area contributed by atoms with E-state index in [-0.39, 0.29) is 0 Å². The highest BCUT2D eigenvalue weighted by Gasteiger charge is 2.12. The first-order valence-electron chi connectivity index (χ1n) is 16.2. The second-order valence-corrected chi connectivity index (χ2v) is 11.9. The van der Waals surface area contributed by atoms with Gasteiger partial charge in [0, 0.05) is 22.3 Å². The van der Waals surface area contributed by atoms with E-state index in [1.165, 1.54) is 5.56 Å². The van der Waals surface area contributed by atoms with E-state index < -0.39 is 0 Å². The third kappa shape index (κ3) is 6.20. The number of benzene rings is 6. The Labute approximate surface area is 281 Å². The zero-order valence-electron chi connectivity index (χ0n) is 26.4. The lowest BCUT2D eigenvalue weighted by atomic mass is 9.96. The number of hydrogen-bond donors (Lipinski definition) is 0. The van der Waals surface area contributed by atoms with E-state index in [0.717, 1.165) is 72.8 Å². The van der Waals surface area contributed by atoms with Crippen LogP contribution < -0.4 is 0 Å². The molecule has 226 valence electrons. The monoisotopic (exact) mass is 612 g/mol. The lowest BCUT2D eigenvalue weighted by Gasteiger charge is -2.12. The summed E-state index contributed by atoms with van der Waals surface area (Å²) in [6.45, 7) is 0. The normalized spacial score (nSPS) is 10.9. The molecule has 0 saturated carbocycles. The average molecular weight is 613 g/mol. The van der Waals surface area contributed by atoms with Crippen LogP contribution >= 0.6 is 0 Å². The van der Waals surface area contributed by atoms with Gasteiger partial charge in [-0.05, 0) is 63.7 Å². The summed E-state index contributed by atoms with van der Waals surface area (Å²) in [5.41, 5.74) is 15.1. The van der Waals surface area contributed by atoms with Crippen LogP contribution in [0.4, 0.5) is 0 Å². The number of rotatable bonds is 7. The molecule has 0 fully saturated rings. The third-order valence-corrected chi connectivity index (χ3v) is 8.68. The van der Waals surface area contributed by atoms with Gasteiger partial charge in [-0.15, -0.1) is 0 Å². The van der Waals surface area contributed by atoms with Gasteiger partial charge in [-0.2, -0.15) is 0 Å². The molecule has 0 aliphatic carbocycles. The molecule has 2 nitrogen and oxygen atoms in total. The summed E-state index contributed by atoms with van der Waals surface area (Å²) in [6.07, 6.45) is 0. The molecule has 0 N–H and O–H groups in total. The molecule has 0 bridgehead atoms. The van der Waals surface area contributed by atoms with Gasteiger partial charge in [-0.1, -0.05) is 164 Å². The molecular weight excluding hydrogens is 581 g/mol. The fourth-order valence-electron chi connectivity index (χ4n) is 6.16. The summed E-state index contributed by atoms with van der Waals surface area (Å²) in [5.74, 6) is 0. The summed E-state index contributed by atoms with van der Waals surface area (Å²) in [6, 6.07) is 68.0. The van der Waals surface area contributed by atoms with Crippen molar-refractivity contribution in [2.45, 2.75) is 0 Å². The molecule has 48 heavy (non-hydrogen) atoms. The zero-order chi connectivity index (χ0) is 32.1. The zero-order valence-corrected chi connectivity index (χ0v) is 26.4. The quantitative estimate of drug-likeness (QED) is 0.179. The summed E-state index contributed by atoms with van der Waals surface area (Å²) in [4.78, 5) is 10.2. The predicted molar refractivity (Wildman–Crippen MR) is 200 cm³/mol. The van der Waals surface area contributed by atoms with Crippen LogP contribution in [-0.4, -0.2) is 9.97 Å². The van der Waals surface area contributed by atoms with Gasteiger partial charge in [0.05, 0.1) is 22.8 Å². The number of pyridine rings is 2. The molecular formula is C46H32N2. The fraction of sp³-hybridized carbons (Fsp3) is 0. The molecule has 0 spiro atoms. The summed E-state index contributed by atoms with van der Waals surface area (Å²) in [5, 5.41) is 0. The standard InChI is InChI=1S/C46H32N2/c1-5-14-33(15-6-1)41-29-45(38-20-11-4-12-21-38)48-46(32-41)40-23-13-22-39(28-40)34-24-26-35(27-25-34)42-30-43(36-16-7-2-8-17-36)47-44(31-42)37-18-9-3-10-19-37/h1-32H. The van der Waals surface area contributed by atoms with Crippen molar-refractivity contribution in [1.82, 2.24) is 9.97 Å². The second kappa shape index (κ2) is 13.2. The van der Waals surface area contributed by atoms with E-state index in [4.69, 9.17) is 9.97 Å². The maximum Gasteiger partial charge on any atom is 0.0715 e. The van der Waals surface area contributed by atoms with Gasteiger partial charge in [0.2, 0.25) is 0 Å². The predicted octanol–water partition coefficient (Wildman–Crippen LogP) is 12.1. The van der Waals surface area contributed by atoms with Crippen molar-refractivity contribution >= 4 is 0 Å². The Morgan fingerprint density at radius 3 is 0.896 bits per heavy atom. The average Bonchev–Trinajstić information content (AvgIpc) is 3.19. The van der Waals surface area contributed by atoms with Crippen LogP contribution in [-0.2, 0) is 0 Å². The van der Waals surface area contributed by atoms with Crippen LogP contribution in [0, 0.1) is 0 Å². The maximum absolute atomic E-state index is 5.15. The van der Waals surface area contributed by atoms with Crippen molar-refractivity contribution in [1.29, 1.82) is 0 Å². The van der Waals surface area contributed by atoms with E-state index in [0.29, 0.717) is 0 Å². The van der Waals surface area contributed by atoms with Crippen LogP contribution in [0.1, 0.15) is 0 Å². The first kappa shape index (κ1) is 29.1. The van der Waals surface area contributed by atoms with Crippen LogP contribution in [0.2, 0.25) is 0 Å². The Morgan fingerprint density at radius 1 is 0.188 bits per heavy atom. The maximum atomic E-state index is 5.15. The molecule has 8 aromatic rings. The van der Waals surface area contributed by atoms with E-state index in [1.54, 1.807) is 0 Å². The van der Waals surface area contributed by atoms with E-state index in [2.05, 4.69) is 176 Å². The van der Waals surface area contributed by atoms with Gasteiger partial charge in [0.1, 0.15) is 0 Å². The minimum absolute atomic E-state index is 0.951. The molecule has 2 aromatic heterocycles. The molecule has 0 amide bonds. The number of nitrogens with zero attached hydrogens (tertiary/aromatic N) is 2. The Hall–Kier alpha value is -6.38. The van der Waals surface area contributed by atoms with Crippen molar-refractivity contribution in [2.75, 3.05) is 0 Å². The number of hydrogen-bond acceptors (Lipinski definition) is 2. The molecule has 2 heterocycles. The molecule has 0 atom stereocenters. The van der Waals surface area contributed by atoms with Gasteiger partial charge in [0.25, 0.3) is 0 Å². The Bertz CT molecular complexity index is 2180. The Balaban J connectivity index is 1.16. The highest BCUT2D eigenvalue weighted by molar-refractivity contribution is 5.81. The van der Waals surface area contributed by atoms with Gasteiger partial charge >= 0.3 is 0 Å². The second-order valence-electron chi connectivity index (χ2n) is 11.9. The molecule has 0 radical (unpaired) electrons. The lowest BCUT2D eigenvalue weighted by Crippen LogP contribution is -1.92. The van der Waals surface area contributed by atoms with Crippen molar-refractivity contribution in [3.63, 3.8) is 0 Å². The van der Waals surface area contributed by atoms with Gasteiger partial charge in [0.15, 0.2) is 0 Å². The number of aromatic nitrogens is 2. The van der Waals surface area contributed by atoms with Crippen molar-refractivity contribution in [3.8, 4) is 78.4 Å². The van der Waals surface area contributed by atoms with E-state index in [1.807, 2.05) is 18.2 Å². The summed E-state index contributed by atoms with van der Waals surface area (Å²) in [7, 11) is 0. The highest BCUT2D eigenvalue weighted by atomic mass is 14.7. The molecule has 0 saturated heterocycles. The lowest BCUT2D eigenvalue weighted by molar-refractivity contribution is 1.32. The van der Waals surface area contributed by atoms with Crippen molar-refractivity contribution in [2.24, 2.45) is 0 Å². The molecule has 2 heteroatoms. The molecule has 8 rings (SSSR count). The molecule has 0 aliphatic rings. The van der Waals surface area contributed by atoms with E-state index in [9.17, 15) is 0 Å². The van der Waals surface area contributed by atoms with Crippen molar-refractivity contribution < 1.29 is 0 Å². The Kier molecular flexibility index (Phi) is 7.96. The Morgan fingerprint density at radius 2 is 0.479 bits per heavy atom. The van der Waals surface area contributed by atoms with Crippen LogP contribution in [0.5, 0.6) is 0 Å². The first-order chi connectivity index (χ1) is 23.8. The third-order valence-electron chi connectivity index (χ3n) is 8.68. The van der Waals surface area contributed by atoms with Crippen LogP contribution in [0.3, 0.4) is 0 Å². The SMILES string of the molecule is c1ccc(-c2cc(-c3ccccc3)nc(-c3cccc(-c4ccc(-c5cc(-c6ccccc6)nc(-c6ccccc6)c5)cc4)c3)c2)cc1. The highest BCUT2D eigenvalue weighted by Crippen LogP contribution is 2.34. The van der Waals surface area contributed by atoms with E-state index >= 15 is 0 Å². The summed E-state index contributed by atoms with van der Waals surface area (Å²) >= 11 is 0. The summed E-state index contributed by atoms with van der Waals surface area (Å²) < 4.78 is 0. The minimum Gasteiger partial charge on any atom is -0.248 e. The van der Waals surface area contributed by atoms with Gasteiger partial charge in [-0.3, -0.25) is 0 Å². The van der Waals surface area contributed by atoms with Crippen LogP contribution in [0.25, 0.3) is 78.4 Å². The largest absolute Gasteiger partial charge is 0.248 e. The minimum atomic E-state index is 0.951.